The number of benzene rings is 2. The van der Waals surface area contributed by atoms with Crippen LogP contribution in [0, 0.1) is 22.7 Å². The SMILES string of the molecule is C=C1C=C[C@@]2(C)C(=C1)[C@@H](F)C[C@H]1[C@@H]3C[C@H]4O[C@@H](c5ccc(CSc6cccc(NC(=O)[C@H](C)NC(=O)[C@H](C)NC(=O)CCN7C(=O)C=CC7=O)c6)cc5)O[C@@]4(C(=O)CO)[C@@]3(C)C[C@H](O)[C@@]12F. The number of carbonyl (C=O) groups excluding carboxylic acids is 6. The van der Waals surface area contributed by atoms with Crippen molar-refractivity contribution < 1.29 is 57.2 Å². The first kappa shape index (κ1) is 47.2. The zero-order valence-electron chi connectivity index (χ0n) is 37.1. The Labute approximate surface area is 385 Å². The monoisotopic (exact) mass is 928 g/mol. The molecule has 1 saturated heterocycles. The van der Waals surface area contributed by atoms with Crippen LogP contribution in [0.15, 0.2) is 102 Å². The van der Waals surface area contributed by atoms with E-state index in [9.17, 15) is 39.0 Å². The number of hydrogen-bond acceptors (Lipinski definition) is 11. The predicted octanol–water partition coefficient (Wildman–Crippen LogP) is 4.87. The van der Waals surface area contributed by atoms with Gasteiger partial charge in [-0.1, -0.05) is 62.1 Å². The van der Waals surface area contributed by atoms with Gasteiger partial charge in [0.05, 0.1) is 12.2 Å². The second kappa shape index (κ2) is 17.7. The maximum atomic E-state index is 17.8. The highest BCUT2D eigenvalue weighted by molar-refractivity contribution is 7.98. The van der Waals surface area contributed by atoms with Gasteiger partial charge in [-0.25, -0.2) is 8.78 Å². The number of imide groups is 1. The lowest BCUT2D eigenvalue weighted by atomic mass is 9.44. The Balaban J connectivity index is 0.862. The van der Waals surface area contributed by atoms with Crippen LogP contribution in [0.3, 0.4) is 0 Å². The highest BCUT2D eigenvalue weighted by atomic mass is 32.2. The molecule has 2 aromatic rings. The standard InChI is InChI=1S/C49H54F2N4O10S/c1-26-15-17-46(4)35(19-26)36(50)21-34-33-22-39-49(38(58)24-56,47(33,5)23-37(57)48(34,46)51)65-45(64-39)30-11-9-29(10-12-30)25-66-32-8-6-7-31(20-32)54-44(63)28(3)53-43(62)27(2)52-40(59)16-18-55-41(60)13-14-42(55)61/h6-15,17,19-20,27-28,33-34,36-37,39,45,56-57H,1,16,18,21-25H2,2-5H3,(H,52,59)(H,53,62)(H,54,63)/t27-,28-,33-,34-,36-,37-,39+,45+,46-,47-,48-,49+/m0/s1. The Morgan fingerprint density at radius 2 is 1.67 bits per heavy atom. The fraction of sp³-hybridized carbons (Fsp3) is 0.469. The van der Waals surface area contributed by atoms with Crippen molar-refractivity contribution in [3.63, 3.8) is 0 Å². The molecule has 3 saturated carbocycles. The predicted molar refractivity (Wildman–Crippen MR) is 238 cm³/mol. The lowest BCUT2D eigenvalue weighted by molar-refractivity contribution is -0.235. The fourth-order valence-electron chi connectivity index (χ4n) is 11.3. The number of anilines is 1. The van der Waals surface area contributed by atoms with E-state index in [0.717, 1.165) is 27.5 Å². The molecule has 5 N–H and O–H groups in total. The van der Waals surface area contributed by atoms with Gasteiger partial charge in [0.1, 0.15) is 24.9 Å². The van der Waals surface area contributed by atoms with Crippen LogP contribution < -0.4 is 16.0 Å². The number of hydrogen-bond donors (Lipinski definition) is 5. The molecule has 0 radical (unpaired) electrons. The summed E-state index contributed by atoms with van der Waals surface area (Å²) in [6.45, 7) is 9.28. The van der Waals surface area contributed by atoms with Gasteiger partial charge in [-0.3, -0.25) is 33.7 Å². The number of rotatable bonds is 14. The third-order valence-electron chi connectivity index (χ3n) is 14.8. The average Bonchev–Trinajstić information content (AvgIpc) is 3.91. The van der Waals surface area contributed by atoms with Crippen molar-refractivity contribution in [2.24, 2.45) is 22.7 Å². The summed E-state index contributed by atoms with van der Waals surface area (Å²) in [5.74, 6) is -4.32. The molecule has 4 aliphatic carbocycles. The fourth-order valence-corrected chi connectivity index (χ4v) is 12.2. The van der Waals surface area contributed by atoms with E-state index in [1.807, 2.05) is 30.3 Å². The molecule has 6 aliphatic rings. The summed E-state index contributed by atoms with van der Waals surface area (Å²) in [5, 5.41) is 30.1. The molecule has 5 amide bonds. The normalized spacial score (nSPS) is 33.8. The van der Waals surface area contributed by atoms with E-state index >= 15 is 8.78 Å². The summed E-state index contributed by atoms with van der Waals surface area (Å²) >= 11 is 1.51. The lowest BCUT2D eigenvalue weighted by Crippen LogP contribution is -2.70. The number of ketones is 1. The molecule has 14 nitrogen and oxygen atoms in total. The lowest BCUT2D eigenvalue weighted by Gasteiger charge is -2.63. The quantitative estimate of drug-likeness (QED) is 0.128. The van der Waals surface area contributed by atoms with Gasteiger partial charge in [-0.2, -0.15) is 0 Å². The number of fused-ring (bicyclic) bond motifs is 7. The van der Waals surface area contributed by atoms with E-state index < -0.39 is 113 Å². The van der Waals surface area contributed by atoms with Gasteiger partial charge in [-0.15, -0.1) is 11.8 Å². The van der Waals surface area contributed by atoms with Gasteiger partial charge < -0.3 is 35.6 Å². The number of nitrogens with one attached hydrogen (secondary N) is 3. The summed E-state index contributed by atoms with van der Waals surface area (Å²) in [7, 11) is 0. The van der Waals surface area contributed by atoms with Crippen molar-refractivity contribution >= 4 is 52.8 Å². The second-order valence-corrected chi connectivity index (χ2v) is 19.7. The molecule has 12 atom stereocenters. The van der Waals surface area contributed by atoms with E-state index in [2.05, 4.69) is 22.5 Å². The molecule has 350 valence electrons. The van der Waals surface area contributed by atoms with E-state index in [0.29, 0.717) is 22.6 Å². The maximum absolute atomic E-state index is 17.8. The molecule has 0 unspecified atom stereocenters. The maximum Gasteiger partial charge on any atom is 0.253 e. The number of amides is 5. The number of Topliss-reactive ketones (excluding diaryl/α,β-unsaturated/α-hetero) is 1. The van der Waals surface area contributed by atoms with Crippen LogP contribution in [0.5, 0.6) is 0 Å². The van der Waals surface area contributed by atoms with E-state index in [1.54, 1.807) is 50.3 Å². The third kappa shape index (κ3) is 7.85. The topological polar surface area (TPSA) is 201 Å². The molecule has 0 bridgehead atoms. The number of ether oxygens (including phenoxy) is 2. The summed E-state index contributed by atoms with van der Waals surface area (Å²) in [6, 6.07) is 12.6. The molecular formula is C49H54F2N4O10S. The minimum absolute atomic E-state index is 0.128. The molecule has 17 heteroatoms. The number of aliphatic hydroxyl groups is 2. The van der Waals surface area contributed by atoms with Crippen molar-refractivity contribution in [3.05, 3.63) is 108 Å². The smallest absolute Gasteiger partial charge is 0.253 e. The second-order valence-electron chi connectivity index (χ2n) is 18.6. The summed E-state index contributed by atoms with van der Waals surface area (Å²) < 4.78 is 47.0. The minimum Gasteiger partial charge on any atom is -0.390 e. The molecule has 8 rings (SSSR count). The van der Waals surface area contributed by atoms with Crippen LogP contribution in [0.1, 0.15) is 70.8 Å². The first-order chi connectivity index (χ1) is 31.2. The number of carbonyl (C=O) groups is 6. The molecule has 0 spiro atoms. The van der Waals surface area contributed by atoms with Crippen LogP contribution in [-0.2, 0) is 44.0 Å². The number of nitrogens with zero attached hydrogens (tertiary/aromatic N) is 1. The van der Waals surface area contributed by atoms with Crippen LogP contribution in [0.4, 0.5) is 14.5 Å². The number of thioether (sulfide) groups is 1. The van der Waals surface area contributed by atoms with Gasteiger partial charge in [0.25, 0.3) is 11.8 Å². The van der Waals surface area contributed by atoms with Crippen LogP contribution in [0.2, 0.25) is 0 Å². The Morgan fingerprint density at radius 3 is 2.36 bits per heavy atom. The largest absolute Gasteiger partial charge is 0.390 e. The average molecular weight is 929 g/mol. The van der Waals surface area contributed by atoms with Crippen LogP contribution in [-0.4, -0.2) is 105 Å². The summed E-state index contributed by atoms with van der Waals surface area (Å²) in [4.78, 5) is 77.3. The van der Waals surface area contributed by atoms with Gasteiger partial charge >= 0.3 is 0 Å². The van der Waals surface area contributed by atoms with Crippen molar-refractivity contribution in [2.75, 3.05) is 18.5 Å². The zero-order chi connectivity index (χ0) is 47.5. The van der Waals surface area contributed by atoms with Crippen molar-refractivity contribution in [3.8, 4) is 0 Å². The molecule has 4 fully saturated rings. The van der Waals surface area contributed by atoms with Gasteiger partial charge in [0, 0.05) is 63.8 Å². The third-order valence-corrected chi connectivity index (χ3v) is 15.8. The highest BCUT2D eigenvalue weighted by Crippen LogP contribution is 2.72. The zero-order valence-corrected chi connectivity index (χ0v) is 37.9. The molecular weight excluding hydrogens is 875 g/mol. The summed E-state index contributed by atoms with van der Waals surface area (Å²) in [5.41, 5.74) is -3.73. The molecule has 2 heterocycles. The Kier molecular flexibility index (Phi) is 12.7. The van der Waals surface area contributed by atoms with Gasteiger partial charge in [0.2, 0.25) is 17.7 Å². The highest BCUT2D eigenvalue weighted by Gasteiger charge is 2.80. The first-order valence-electron chi connectivity index (χ1n) is 22.1. The van der Waals surface area contributed by atoms with Crippen molar-refractivity contribution in [2.45, 2.75) is 112 Å². The van der Waals surface area contributed by atoms with Gasteiger partial charge in [-0.05, 0) is 80.9 Å². The van der Waals surface area contributed by atoms with E-state index in [1.165, 1.54) is 25.6 Å². The number of aliphatic hydroxyl groups excluding tert-OH is 2. The number of allylic oxidation sites excluding steroid dienone is 5. The summed E-state index contributed by atoms with van der Waals surface area (Å²) in [6.07, 6.45) is 1.76. The van der Waals surface area contributed by atoms with E-state index in [4.69, 9.17) is 9.47 Å². The number of halogens is 2. The molecule has 0 aromatic heterocycles. The van der Waals surface area contributed by atoms with Crippen molar-refractivity contribution in [1.82, 2.24) is 15.5 Å². The Hall–Kier alpha value is -5.33. The Bertz CT molecular complexity index is 2450. The van der Waals surface area contributed by atoms with Gasteiger partial charge in [0.15, 0.2) is 23.3 Å². The Morgan fingerprint density at radius 1 is 0.970 bits per heavy atom. The van der Waals surface area contributed by atoms with Crippen LogP contribution in [0.25, 0.3) is 0 Å². The molecule has 2 aromatic carbocycles. The van der Waals surface area contributed by atoms with Crippen molar-refractivity contribution in [1.29, 1.82) is 0 Å². The molecule has 2 aliphatic heterocycles. The first-order valence-corrected chi connectivity index (χ1v) is 23.1. The van der Waals surface area contributed by atoms with E-state index in [-0.39, 0.29) is 37.8 Å². The van der Waals surface area contributed by atoms with Crippen LogP contribution >= 0.6 is 11.8 Å². The minimum atomic E-state index is -2.24. The number of alkyl halides is 2. The molecule has 66 heavy (non-hydrogen) atoms.